The molecule has 1 aliphatic heterocycles. The summed E-state index contributed by atoms with van der Waals surface area (Å²) in [6, 6.07) is 15.9. The molecule has 3 aromatic rings. The normalized spacial score (nSPS) is 19.5. The van der Waals surface area contributed by atoms with E-state index in [9.17, 15) is 9.59 Å². The summed E-state index contributed by atoms with van der Waals surface area (Å²) < 4.78 is 5.30. The second-order valence-electron chi connectivity index (χ2n) is 9.76. The van der Waals surface area contributed by atoms with E-state index in [1.165, 1.54) is 0 Å². The van der Waals surface area contributed by atoms with Crippen LogP contribution in [0.4, 0.5) is 0 Å². The van der Waals surface area contributed by atoms with E-state index in [0.717, 1.165) is 57.5 Å². The first-order valence-corrected chi connectivity index (χ1v) is 12.3. The fraction of sp³-hybridized carbons (Fsp3) is 0.345. The number of para-hydroxylation sites is 1. The SMILES string of the molecule is COc1ccc(/C=C2\CC(C)Cc3c2nc2ccccc2c3C(=O)N2CCC(C(N)=O)CC2)cc1. The van der Waals surface area contributed by atoms with E-state index < -0.39 is 0 Å². The number of fused-ring (bicyclic) bond motifs is 2. The summed E-state index contributed by atoms with van der Waals surface area (Å²) in [5.74, 6) is 0.816. The quantitative estimate of drug-likeness (QED) is 0.600. The van der Waals surface area contributed by atoms with Crippen LogP contribution in [0.25, 0.3) is 22.6 Å². The third kappa shape index (κ3) is 4.53. The van der Waals surface area contributed by atoms with Crippen molar-refractivity contribution in [3.05, 3.63) is 70.9 Å². The first-order chi connectivity index (χ1) is 16.9. The number of ether oxygens (including phenoxy) is 1. The minimum atomic E-state index is -0.272. The first-order valence-electron chi connectivity index (χ1n) is 12.3. The molecule has 0 bridgehead atoms. The largest absolute Gasteiger partial charge is 0.497 e. The predicted octanol–water partition coefficient (Wildman–Crippen LogP) is 4.70. The Morgan fingerprint density at radius 2 is 1.77 bits per heavy atom. The molecule has 35 heavy (non-hydrogen) atoms. The lowest BCUT2D eigenvalue weighted by atomic mass is 9.80. The number of hydrogen-bond donors (Lipinski definition) is 1. The van der Waals surface area contributed by atoms with Gasteiger partial charge in [-0.05, 0) is 72.6 Å². The number of hydrogen-bond acceptors (Lipinski definition) is 4. The van der Waals surface area contributed by atoms with Crippen LogP contribution in [0.5, 0.6) is 5.75 Å². The number of amides is 2. The topological polar surface area (TPSA) is 85.5 Å². The van der Waals surface area contributed by atoms with Crippen LogP contribution in [-0.2, 0) is 11.2 Å². The zero-order chi connectivity index (χ0) is 24.5. The van der Waals surface area contributed by atoms with Crippen molar-refractivity contribution in [2.75, 3.05) is 20.2 Å². The van der Waals surface area contributed by atoms with Gasteiger partial charge < -0.3 is 15.4 Å². The number of aromatic nitrogens is 1. The van der Waals surface area contributed by atoms with Crippen LogP contribution in [0, 0.1) is 11.8 Å². The van der Waals surface area contributed by atoms with Gasteiger partial charge in [0.25, 0.3) is 5.91 Å². The number of nitrogens with two attached hydrogens (primary N) is 1. The van der Waals surface area contributed by atoms with Crippen molar-refractivity contribution in [3.63, 3.8) is 0 Å². The van der Waals surface area contributed by atoms with Crippen molar-refractivity contribution in [1.29, 1.82) is 0 Å². The molecule has 1 fully saturated rings. The Kier molecular flexibility index (Phi) is 6.29. The van der Waals surface area contributed by atoms with Gasteiger partial charge in [-0.25, -0.2) is 4.98 Å². The van der Waals surface area contributed by atoms with Crippen LogP contribution in [0.2, 0.25) is 0 Å². The van der Waals surface area contributed by atoms with Gasteiger partial charge in [0.1, 0.15) is 5.75 Å². The van der Waals surface area contributed by atoms with E-state index in [2.05, 4.69) is 13.0 Å². The average Bonchev–Trinajstić information content (AvgIpc) is 2.87. The van der Waals surface area contributed by atoms with E-state index in [0.29, 0.717) is 31.8 Å². The summed E-state index contributed by atoms with van der Waals surface area (Å²) in [6.45, 7) is 3.32. The Balaban J connectivity index is 1.60. The van der Waals surface area contributed by atoms with Crippen molar-refractivity contribution in [2.24, 2.45) is 17.6 Å². The number of methoxy groups -OCH3 is 1. The maximum absolute atomic E-state index is 14.0. The summed E-state index contributed by atoms with van der Waals surface area (Å²) in [7, 11) is 1.66. The lowest BCUT2D eigenvalue weighted by molar-refractivity contribution is -0.123. The smallest absolute Gasteiger partial charge is 0.254 e. The molecule has 2 amide bonds. The molecule has 0 radical (unpaired) electrons. The van der Waals surface area contributed by atoms with Crippen LogP contribution in [-0.4, -0.2) is 41.9 Å². The van der Waals surface area contributed by atoms with E-state index >= 15 is 0 Å². The van der Waals surface area contributed by atoms with E-state index in [-0.39, 0.29) is 17.7 Å². The number of benzene rings is 2. The highest BCUT2D eigenvalue weighted by atomic mass is 16.5. The third-order valence-electron chi connectivity index (χ3n) is 7.27. The number of carbonyl (C=O) groups excluding carboxylic acids is 2. The van der Waals surface area contributed by atoms with Gasteiger partial charge in [-0.3, -0.25) is 9.59 Å². The van der Waals surface area contributed by atoms with Gasteiger partial charge in [0.05, 0.1) is 23.9 Å². The van der Waals surface area contributed by atoms with E-state index in [4.69, 9.17) is 15.5 Å². The molecule has 5 rings (SSSR count). The van der Waals surface area contributed by atoms with Gasteiger partial charge in [0, 0.05) is 24.4 Å². The number of nitrogens with zero attached hydrogens (tertiary/aromatic N) is 2. The highest BCUT2D eigenvalue weighted by molar-refractivity contribution is 6.09. The summed E-state index contributed by atoms with van der Waals surface area (Å²) in [5, 5.41) is 0.895. The van der Waals surface area contributed by atoms with Crippen molar-refractivity contribution < 1.29 is 14.3 Å². The van der Waals surface area contributed by atoms with Gasteiger partial charge in [0.15, 0.2) is 0 Å². The van der Waals surface area contributed by atoms with Crippen LogP contribution in [0.15, 0.2) is 48.5 Å². The fourth-order valence-corrected chi connectivity index (χ4v) is 5.41. The summed E-state index contributed by atoms with van der Waals surface area (Å²) >= 11 is 0. The summed E-state index contributed by atoms with van der Waals surface area (Å²) in [5.41, 5.74) is 11.3. The number of primary amides is 1. The molecule has 0 spiro atoms. The summed E-state index contributed by atoms with van der Waals surface area (Å²) in [4.78, 5) is 32.5. The zero-order valence-electron chi connectivity index (χ0n) is 20.3. The molecule has 2 N–H and O–H groups in total. The molecular weight excluding hydrogens is 438 g/mol. The molecule has 180 valence electrons. The lowest BCUT2D eigenvalue weighted by Gasteiger charge is -2.33. The second kappa shape index (κ2) is 9.53. The van der Waals surface area contributed by atoms with Gasteiger partial charge in [-0.1, -0.05) is 37.3 Å². The molecule has 2 heterocycles. The number of carbonyl (C=O) groups is 2. The number of likely N-dealkylation sites (tertiary alicyclic amines) is 1. The molecule has 1 atom stereocenters. The molecule has 2 aromatic carbocycles. The molecule has 1 aromatic heterocycles. The Hall–Kier alpha value is -3.67. The molecule has 2 aliphatic rings. The Labute approximate surface area is 205 Å². The van der Waals surface area contributed by atoms with Crippen molar-refractivity contribution in [1.82, 2.24) is 9.88 Å². The molecule has 6 heteroatoms. The molecule has 1 unspecified atom stereocenters. The van der Waals surface area contributed by atoms with Gasteiger partial charge in [-0.2, -0.15) is 0 Å². The predicted molar refractivity (Wildman–Crippen MR) is 138 cm³/mol. The van der Waals surface area contributed by atoms with E-state index in [1.54, 1.807) is 7.11 Å². The standard InChI is InChI=1S/C29H31N3O3/c1-18-15-21(17-19-7-9-22(35-2)10-8-19)27-24(16-18)26(23-5-3-4-6-25(23)31-27)29(34)32-13-11-20(12-14-32)28(30)33/h3-10,17-18,20H,11-16H2,1-2H3,(H2,30,33)/b21-17+. The Bertz CT molecular complexity index is 1300. The molecule has 1 aliphatic carbocycles. The highest BCUT2D eigenvalue weighted by Gasteiger charge is 2.32. The maximum atomic E-state index is 14.0. The van der Waals surface area contributed by atoms with E-state index in [1.807, 2.05) is 53.4 Å². The fourth-order valence-electron chi connectivity index (χ4n) is 5.41. The van der Waals surface area contributed by atoms with Crippen molar-refractivity contribution in [3.8, 4) is 5.75 Å². The maximum Gasteiger partial charge on any atom is 0.254 e. The zero-order valence-corrected chi connectivity index (χ0v) is 20.3. The van der Waals surface area contributed by atoms with Gasteiger partial charge in [-0.15, -0.1) is 0 Å². The number of rotatable bonds is 4. The Morgan fingerprint density at radius 3 is 2.46 bits per heavy atom. The van der Waals surface area contributed by atoms with Crippen LogP contribution in [0.1, 0.15) is 53.4 Å². The van der Waals surface area contributed by atoms with Crippen molar-refractivity contribution >= 4 is 34.4 Å². The van der Waals surface area contributed by atoms with Crippen molar-refractivity contribution in [2.45, 2.75) is 32.6 Å². The Morgan fingerprint density at radius 1 is 1.06 bits per heavy atom. The minimum absolute atomic E-state index is 0.0284. The second-order valence-corrected chi connectivity index (χ2v) is 9.76. The molecule has 6 nitrogen and oxygen atoms in total. The molecular formula is C29H31N3O3. The number of allylic oxidation sites excluding steroid dienone is 1. The number of piperidine rings is 1. The van der Waals surface area contributed by atoms with Crippen LogP contribution >= 0.6 is 0 Å². The lowest BCUT2D eigenvalue weighted by Crippen LogP contribution is -2.42. The molecule has 0 saturated carbocycles. The highest BCUT2D eigenvalue weighted by Crippen LogP contribution is 2.39. The minimum Gasteiger partial charge on any atom is -0.497 e. The van der Waals surface area contributed by atoms with Crippen LogP contribution in [0.3, 0.4) is 0 Å². The first kappa shape index (κ1) is 23.1. The summed E-state index contributed by atoms with van der Waals surface area (Å²) in [6.07, 6.45) is 5.13. The van der Waals surface area contributed by atoms with Gasteiger partial charge >= 0.3 is 0 Å². The average molecular weight is 470 g/mol. The van der Waals surface area contributed by atoms with Crippen LogP contribution < -0.4 is 10.5 Å². The van der Waals surface area contributed by atoms with Gasteiger partial charge in [0.2, 0.25) is 5.91 Å². The number of pyridine rings is 1. The monoisotopic (exact) mass is 469 g/mol. The molecule has 1 saturated heterocycles. The third-order valence-corrected chi connectivity index (χ3v) is 7.27.